The Kier molecular flexibility index (Phi) is 6.63. The zero-order valence-electron chi connectivity index (χ0n) is 19.8. The number of urea groups is 1. The molecule has 188 valence electrons. The van der Waals surface area contributed by atoms with Crippen LogP contribution in [0.3, 0.4) is 0 Å². The monoisotopic (exact) mass is 494 g/mol. The highest BCUT2D eigenvalue weighted by molar-refractivity contribution is 5.92. The molecule has 1 N–H and O–H groups in total. The number of hydrogen-bond acceptors (Lipinski definition) is 5. The number of imide groups is 1. The lowest BCUT2D eigenvalue weighted by Gasteiger charge is -2.39. The van der Waals surface area contributed by atoms with E-state index >= 15 is 0 Å². The quantitative estimate of drug-likeness (QED) is 0.669. The molecule has 1 aliphatic carbocycles. The van der Waals surface area contributed by atoms with Crippen LogP contribution in [0, 0.1) is 23.0 Å². The molecule has 3 amide bonds. The molecule has 1 unspecified atom stereocenters. The van der Waals surface area contributed by atoms with E-state index in [-0.39, 0.29) is 12.6 Å². The van der Waals surface area contributed by atoms with Crippen molar-refractivity contribution in [3.8, 4) is 6.07 Å². The molecule has 0 aromatic heterocycles. The molecule has 7 nitrogen and oxygen atoms in total. The number of halogens is 2. The number of rotatable bonds is 4. The zero-order valence-corrected chi connectivity index (χ0v) is 19.8. The number of amides is 3. The van der Waals surface area contributed by atoms with Crippen LogP contribution in [-0.4, -0.2) is 53.7 Å². The van der Waals surface area contributed by atoms with Crippen molar-refractivity contribution in [2.24, 2.45) is 0 Å². The Hall–Kier alpha value is -3.51. The number of nitrogens with one attached hydrogen (secondary N) is 1. The summed E-state index contributed by atoms with van der Waals surface area (Å²) in [5, 5.41) is 12.9. The normalized spacial score (nSPS) is 28.5. The smallest absolute Gasteiger partial charge is 0.418 e. The maximum absolute atomic E-state index is 13.7. The van der Waals surface area contributed by atoms with Gasteiger partial charge in [-0.1, -0.05) is 36.4 Å². The summed E-state index contributed by atoms with van der Waals surface area (Å²) in [6.07, 6.45) is 3.32. The summed E-state index contributed by atoms with van der Waals surface area (Å²) in [6.45, 7) is 1.36. The Bertz CT molecular complexity index is 1180. The Labute approximate surface area is 208 Å². The third-order valence-electron chi connectivity index (χ3n) is 7.83. The van der Waals surface area contributed by atoms with E-state index in [1.165, 1.54) is 6.07 Å². The highest BCUT2D eigenvalue weighted by atomic mass is 19.2. The molecule has 2 saturated heterocycles. The summed E-state index contributed by atoms with van der Waals surface area (Å²) < 4.78 is 32.1. The summed E-state index contributed by atoms with van der Waals surface area (Å²) in [5.74, 6) is -2.04. The minimum Gasteiger partial charge on any atom is -0.446 e. The van der Waals surface area contributed by atoms with Gasteiger partial charge in [-0.3, -0.25) is 4.90 Å². The molecular weight excluding hydrogens is 466 g/mol. The number of hydrogen-bond donors (Lipinski definition) is 1. The van der Waals surface area contributed by atoms with Crippen molar-refractivity contribution in [2.75, 3.05) is 19.7 Å². The number of likely N-dealkylation sites (tertiary alicyclic amines) is 1. The summed E-state index contributed by atoms with van der Waals surface area (Å²) in [6, 6.07) is 14.6. The molecule has 9 heteroatoms. The van der Waals surface area contributed by atoms with Gasteiger partial charge in [0.05, 0.1) is 11.5 Å². The molecule has 1 saturated carbocycles. The second kappa shape index (κ2) is 9.86. The summed E-state index contributed by atoms with van der Waals surface area (Å²) in [5.41, 5.74) is 0.922. The topological polar surface area (TPSA) is 85.7 Å². The average Bonchev–Trinajstić information content (AvgIpc) is 3.53. The van der Waals surface area contributed by atoms with Gasteiger partial charge < -0.3 is 10.1 Å². The van der Waals surface area contributed by atoms with Gasteiger partial charge in [-0.15, -0.1) is 0 Å². The molecule has 2 aliphatic heterocycles. The summed E-state index contributed by atoms with van der Waals surface area (Å²) >= 11 is 0. The van der Waals surface area contributed by atoms with Crippen LogP contribution in [0.1, 0.15) is 49.3 Å². The zero-order chi connectivity index (χ0) is 25.3. The van der Waals surface area contributed by atoms with Gasteiger partial charge in [-0.25, -0.2) is 23.3 Å². The van der Waals surface area contributed by atoms with Crippen molar-refractivity contribution in [2.45, 2.75) is 55.6 Å². The van der Waals surface area contributed by atoms with Crippen LogP contribution in [0.5, 0.6) is 0 Å². The summed E-state index contributed by atoms with van der Waals surface area (Å²) in [4.78, 5) is 28.6. The first kappa shape index (κ1) is 24.2. The van der Waals surface area contributed by atoms with Gasteiger partial charge in [0.2, 0.25) is 0 Å². The minimum atomic E-state index is -1.04. The average molecular weight is 495 g/mol. The van der Waals surface area contributed by atoms with Gasteiger partial charge in [0, 0.05) is 25.2 Å². The van der Waals surface area contributed by atoms with Crippen molar-refractivity contribution in [3.63, 3.8) is 0 Å². The van der Waals surface area contributed by atoms with Crippen LogP contribution in [0.15, 0.2) is 48.5 Å². The lowest BCUT2D eigenvalue weighted by Crippen LogP contribution is -2.48. The highest BCUT2D eigenvalue weighted by Crippen LogP contribution is 2.41. The molecule has 2 heterocycles. The Morgan fingerprint density at radius 2 is 1.83 bits per heavy atom. The number of carbonyl (C=O) groups excluding carboxylic acids is 2. The molecule has 2 aromatic rings. The van der Waals surface area contributed by atoms with Crippen LogP contribution in [0.2, 0.25) is 0 Å². The maximum atomic E-state index is 13.7. The van der Waals surface area contributed by atoms with Gasteiger partial charge in [0.1, 0.15) is 12.6 Å². The number of cyclic esters (lactones) is 1. The van der Waals surface area contributed by atoms with Crippen molar-refractivity contribution in [1.82, 2.24) is 15.1 Å². The Morgan fingerprint density at radius 3 is 2.53 bits per heavy atom. The second-order valence-electron chi connectivity index (χ2n) is 9.86. The van der Waals surface area contributed by atoms with Gasteiger partial charge >= 0.3 is 12.1 Å². The fourth-order valence-corrected chi connectivity index (χ4v) is 5.77. The standard InChI is InChI=1S/C27H28F2N4O3/c28-22-7-6-18(14-23(22)29)24-16-36-26(35)33(24)25(34)31-20-10-13-32(15-20)21-8-11-27(17-30,12-9-21)19-4-2-1-3-5-19/h1-7,14,20-21,24H,8-13,15-16H2,(H,31,34)/t20?,21?,24-,27?/m1/s1. The van der Waals surface area contributed by atoms with E-state index in [0.29, 0.717) is 18.2 Å². The lowest BCUT2D eigenvalue weighted by atomic mass is 9.69. The van der Waals surface area contributed by atoms with E-state index in [1.807, 2.05) is 30.3 Å². The maximum Gasteiger partial charge on any atom is 0.418 e. The number of nitriles is 1. The molecule has 0 bridgehead atoms. The first-order valence-corrected chi connectivity index (χ1v) is 12.3. The Morgan fingerprint density at radius 1 is 1.08 bits per heavy atom. The lowest BCUT2D eigenvalue weighted by molar-refractivity contribution is 0.154. The molecule has 0 spiro atoms. The predicted molar refractivity (Wildman–Crippen MR) is 127 cm³/mol. The van der Waals surface area contributed by atoms with Crippen LogP contribution in [0.25, 0.3) is 0 Å². The summed E-state index contributed by atoms with van der Waals surface area (Å²) in [7, 11) is 0. The fraction of sp³-hybridized carbons (Fsp3) is 0.444. The van der Waals surface area contributed by atoms with E-state index < -0.39 is 35.2 Å². The van der Waals surface area contributed by atoms with Crippen LogP contribution in [-0.2, 0) is 10.2 Å². The molecule has 2 atom stereocenters. The number of ether oxygens (including phenoxy) is 1. The van der Waals surface area contributed by atoms with Crippen LogP contribution < -0.4 is 5.32 Å². The predicted octanol–water partition coefficient (Wildman–Crippen LogP) is 4.65. The minimum absolute atomic E-state index is 0.113. The van der Waals surface area contributed by atoms with E-state index in [0.717, 1.165) is 61.2 Å². The molecule has 3 fully saturated rings. The molecular formula is C27H28F2N4O3. The van der Waals surface area contributed by atoms with Crippen molar-refractivity contribution < 1.29 is 23.1 Å². The van der Waals surface area contributed by atoms with Gasteiger partial charge in [0.25, 0.3) is 0 Å². The number of benzene rings is 2. The van der Waals surface area contributed by atoms with Gasteiger partial charge in [-0.05, 0) is 55.4 Å². The number of nitrogens with zero attached hydrogens (tertiary/aromatic N) is 3. The number of carbonyl (C=O) groups is 2. The molecule has 36 heavy (non-hydrogen) atoms. The highest BCUT2D eigenvalue weighted by Gasteiger charge is 2.42. The first-order chi connectivity index (χ1) is 17.4. The SMILES string of the molecule is N#CC1(c2ccccc2)CCC(N2CCC(NC(=O)N3C(=O)OC[C@@H]3c3ccc(F)c(F)c3)C2)CC1. The molecule has 2 aromatic carbocycles. The molecule has 0 radical (unpaired) electrons. The fourth-order valence-electron chi connectivity index (χ4n) is 5.77. The second-order valence-corrected chi connectivity index (χ2v) is 9.86. The molecule has 3 aliphatic rings. The van der Waals surface area contributed by atoms with Crippen LogP contribution >= 0.6 is 0 Å². The van der Waals surface area contributed by atoms with E-state index in [2.05, 4.69) is 16.3 Å². The third kappa shape index (κ3) is 4.53. The van der Waals surface area contributed by atoms with E-state index in [1.54, 1.807) is 0 Å². The third-order valence-corrected chi connectivity index (χ3v) is 7.83. The van der Waals surface area contributed by atoms with Crippen molar-refractivity contribution in [3.05, 3.63) is 71.3 Å². The Balaban J connectivity index is 1.18. The first-order valence-electron chi connectivity index (χ1n) is 12.3. The van der Waals surface area contributed by atoms with Gasteiger partial charge in [0.15, 0.2) is 11.6 Å². The molecule has 5 rings (SSSR count). The largest absolute Gasteiger partial charge is 0.446 e. The van der Waals surface area contributed by atoms with Gasteiger partial charge in [-0.2, -0.15) is 5.26 Å². The van der Waals surface area contributed by atoms with Crippen molar-refractivity contribution >= 4 is 12.1 Å². The van der Waals surface area contributed by atoms with Crippen molar-refractivity contribution in [1.29, 1.82) is 5.26 Å². The van der Waals surface area contributed by atoms with Crippen LogP contribution in [0.4, 0.5) is 18.4 Å². The van der Waals surface area contributed by atoms with E-state index in [9.17, 15) is 23.6 Å². The van der Waals surface area contributed by atoms with E-state index in [4.69, 9.17) is 4.74 Å².